The van der Waals surface area contributed by atoms with E-state index in [0.717, 1.165) is 18.0 Å². The number of nitrogens with zero attached hydrogens (tertiary/aromatic N) is 1. The van der Waals surface area contributed by atoms with Crippen molar-refractivity contribution >= 4 is 0 Å². The Morgan fingerprint density at radius 2 is 1.76 bits per heavy atom. The summed E-state index contributed by atoms with van der Waals surface area (Å²) in [5, 5.41) is 3.67. The predicted molar refractivity (Wildman–Crippen MR) is 86.2 cm³/mol. The van der Waals surface area contributed by atoms with Crippen molar-refractivity contribution in [2.45, 2.75) is 38.8 Å². The van der Waals surface area contributed by atoms with Crippen molar-refractivity contribution in [2.24, 2.45) is 0 Å². The number of hydrogen-bond acceptors (Lipinski definition) is 4. The first kappa shape index (κ1) is 16.1. The lowest BCUT2D eigenvalue weighted by molar-refractivity contribution is 0.289. The molecule has 0 amide bonds. The number of hydrogen-bond donors (Lipinski definition) is 1. The van der Waals surface area contributed by atoms with Crippen LogP contribution in [0.1, 0.15) is 38.3 Å². The van der Waals surface area contributed by atoms with E-state index in [1.165, 1.54) is 31.5 Å². The van der Waals surface area contributed by atoms with Crippen LogP contribution in [0.5, 0.6) is 11.5 Å². The van der Waals surface area contributed by atoms with Crippen LogP contribution < -0.4 is 14.8 Å². The van der Waals surface area contributed by atoms with E-state index in [1.807, 2.05) is 6.07 Å². The molecular formula is C17H28N2O2. The largest absolute Gasteiger partial charge is 0.493 e. The quantitative estimate of drug-likeness (QED) is 0.838. The van der Waals surface area contributed by atoms with Crippen LogP contribution in [-0.4, -0.2) is 44.8 Å². The summed E-state index contributed by atoms with van der Waals surface area (Å²) < 4.78 is 10.7. The van der Waals surface area contributed by atoms with Gasteiger partial charge in [0.25, 0.3) is 0 Å². The zero-order valence-corrected chi connectivity index (χ0v) is 13.7. The predicted octanol–water partition coefficient (Wildman–Crippen LogP) is 2.84. The van der Waals surface area contributed by atoms with Crippen LogP contribution in [0, 0.1) is 0 Å². The smallest absolute Gasteiger partial charge is 0.161 e. The monoisotopic (exact) mass is 292 g/mol. The average molecular weight is 292 g/mol. The molecule has 21 heavy (non-hydrogen) atoms. The molecule has 1 aromatic carbocycles. The van der Waals surface area contributed by atoms with Crippen molar-refractivity contribution in [3.05, 3.63) is 23.8 Å². The summed E-state index contributed by atoms with van der Waals surface area (Å²) in [5.74, 6) is 1.56. The zero-order chi connectivity index (χ0) is 15.2. The summed E-state index contributed by atoms with van der Waals surface area (Å²) in [7, 11) is 3.34. The molecule has 2 unspecified atom stereocenters. The minimum atomic E-state index is 0.294. The Balaban J connectivity index is 1.93. The molecule has 0 bridgehead atoms. The maximum absolute atomic E-state index is 5.38. The van der Waals surface area contributed by atoms with Crippen LogP contribution in [0.25, 0.3) is 0 Å². The van der Waals surface area contributed by atoms with Gasteiger partial charge in [-0.1, -0.05) is 6.07 Å². The molecule has 1 aromatic rings. The Bertz CT molecular complexity index is 444. The molecule has 1 aliphatic heterocycles. The van der Waals surface area contributed by atoms with Gasteiger partial charge in [-0.3, -0.25) is 0 Å². The Labute approximate surface area is 128 Å². The highest BCUT2D eigenvalue weighted by molar-refractivity contribution is 5.43. The van der Waals surface area contributed by atoms with Crippen LogP contribution in [-0.2, 0) is 0 Å². The summed E-state index contributed by atoms with van der Waals surface area (Å²) in [6.45, 7) is 8.07. The highest BCUT2D eigenvalue weighted by atomic mass is 16.5. The number of methoxy groups -OCH3 is 2. The lowest BCUT2D eigenvalue weighted by atomic mass is 10.1. The first-order valence-corrected chi connectivity index (χ1v) is 7.84. The molecule has 0 saturated carbocycles. The molecule has 0 radical (unpaired) electrons. The van der Waals surface area contributed by atoms with Gasteiger partial charge in [0.15, 0.2) is 11.5 Å². The Morgan fingerprint density at radius 1 is 1.10 bits per heavy atom. The van der Waals surface area contributed by atoms with Crippen LogP contribution in [0.4, 0.5) is 0 Å². The maximum atomic E-state index is 5.38. The maximum Gasteiger partial charge on any atom is 0.161 e. The molecule has 118 valence electrons. The molecule has 1 fully saturated rings. The van der Waals surface area contributed by atoms with Gasteiger partial charge in [-0.25, -0.2) is 0 Å². The van der Waals surface area contributed by atoms with Crippen molar-refractivity contribution < 1.29 is 9.47 Å². The molecule has 2 atom stereocenters. The SMILES string of the molecule is COc1ccc(C(C)NC(C)CN2CCCC2)cc1OC. The summed E-state index contributed by atoms with van der Waals surface area (Å²) >= 11 is 0. The van der Waals surface area contributed by atoms with Gasteiger partial charge in [0, 0.05) is 18.6 Å². The van der Waals surface area contributed by atoms with Gasteiger partial charge in [-0.2, -0.15) is 0 Å². The molecular weight excluding hydrogens is 264 g/mol. The van der Waals surface area contributed by atoms with E-state index in [2.05, 4.69) is 36.2 Å². The van der Waals surface area contributed by atoms with E-state index in [9.17, 15) is 0 Å². The standard InChI is InChI=1S/C17H28N2O2/c1-13(12-19-9-5-6-10-19)18-14(2)15-7-8-16(20-3)17(11-15)21-4/h7-8,11,13-14,18H,5-6,9-10,12H2,1-4H3. The third-order valence-corrected chi connectivity index (χ3v) is 4.17. The second kappa shape index (κ2) is 7.66. The number of ether oxygens (including phenoxy) is 2. The minimum absolute atomic E-state index is 0.294. The summed E-state index contributed by atoms with van der Waals surface area (Å²) in [6.07, 6.45) is 2.69. The number of likely N-dealkylation sites (tertiary alicyclic amines) is 1. The van der Waals surface area contributed by atoms with Crippen LogP contribution in [0.2, 0.25) is 0 Å². The molecule has 1 saturated heterocycles. The van der Waals surface area contributed by atoms with Gasteiger partial charge < -0.3 is 19.7 Å². The molecule has 1 N–H and O–H groups in total. The van der Waals surface area contributed by atoms with Crippen molar-refractivity contribution in [3.63, 3.8) is 0 Å². The Hall–Kier alpha value is -1.26. The number of rotatable bonds is 7. The van der Waals surface area contributed by atoms with Crippen molar-refractivity contribution in [1.29, 1.82) is 0 Å². The molecule has 0 aromatic heterocycles. The van der Waals surface area contributed by atoms with Gasteiger partial charge in [-0.05, 0) is 57.5 Å². The molecule has 1 heterocycles. The fourth-order valence-corrected chi connectivity index (χ4v) is 3.05. The normalized spacial score (nSPS) is 18.5. The third kappa shape index (κ3) is 4.35. The number of benzene rings is 1. The molecule has 2 rings (SSSR count). The van der Waals surface area contributed by atoms with Crippen molar-refractivity contribution in [1.82, 2.24) is 10.2 Å². The van der Waals surface area contributed by atoms with E-state index < -0.39 is 0 Å². The second-order valence-electron chi connectivity index (χ2n) is 5.91. The third-order valence-electron chi connectivity index (χ3n) is 4.17. The first-order valence-electron chi connectivity index (χ1n) is 7.84. The highest BCUT2D eigenvalue weighted by Gasteiger charge is 2.17. The fraction of sp³-hybridized carbons (Fsp3) is 0.647. The topological polar surface area (TPSA) is 33.7 Å². The molecule has 1 aliphatic rings. The zero-order valence-electron chi connectivity index (χ0n) is 13.7. The molecule has 4 heteroatoms. The van der Waals surface area contributed by atoms with Gasteiger partial charge in [-0.15, -0.1) is 0 Å². The first-order chi connectivity index (χ1) is 10.1. The fourth-order valence-electron chi connectivity index (χ4n) is 3.05. The summed E-state index contributed by atoms with van der Waals surface area (Å²) in [4.78, 5) is 2.54. The van der Waals surface area contributed by atoms with Crippen molar-refractivity contribution in [3.8, 4) is 11.5 Å². The van der Waals surface area contributed by atoms with E-state index in [-0.39, 0.29) is 0 Å². The van der Waals surface area contributed by atoms with Crippen LogP contribution >= 0.6 is 0 Å². The van der Waals surface area contributed by atoms with E-state index in [0.29, 0.717) is 12.1 Å². The number of nitrogens with one attached hydrogen (secondary N) is 1. The second-order valence-corrected chi connectivity index (χ2v) is 5.91. The summed E-state index contributed by atoms with van der Waals surface area (Å²) in [6, 6.07) is 6.90. The lowest BCUT2D eigenvalue weighted by Gasteiger charge is -2.25. The van der Waals surface area contributed by atoms with E-state index in [4.69, 9.17) is 9.47 Å². The van der Waals surface area contributed by atoms with E-state index in [1.54, 1.807) is 14.2 Å². The highest BCUT2D eigenvalue weighted by Crippen LogP contribution is 2.30. The van der Waals surface area contributed by atoms with Gasteiger partial charge in [0.1, 0.15) is 0 Å². The van der Waals surface area contributed by atoms with Gasteiger partial charge in [0.2, 0.25) is 0 Å². The molecule has 0 aliphatic carbocycles. The average Bonchev–Trinajstić information content (AvgIpc) is 2.99. The van der Waals surface area contributed by atoms with E-state index >= 15 is 0 Å². The molecule has 4 nitrogen and oxygen atoms in total. The van der Waals surface area contributed by atoms with Crippen molar-refractivity contribution in [2.75, 3.05) is 33.9 Å². The summed E-state index contributed by atoms with van der Waals surface area (Å²) in [5.41, 5.74) is 1.22. The molecule has 0 spiro atoms. The van der Waals surface area contributed by atoms with Gasteiger partial charge >= 0.3 is 0 Å². The van der Waals surface area contributed by atoms with Crippen LogP contribution in [0.15, 0.2) is 18.2 Å². The van der Waals surface area contributed by atoms with Crippen LogP contribution in [0.3, 0.4) is 0 Å². The van der Waals surface area contributed by atoms with Gasteiger partial charge in [0.05, 0.1) is 14.2 Å². The lowest BCUT2D eigenvalue weighted by Crippen LogP contribution is -2.39. The Morgan fingerprint density at radius 3 is 2.38 bits per heavy atom. The Kier molecular flexibility index (Phi) is 5.88. The minimum Gasteiger partial charge on any atom is -0.493 e.